The van der Waals surface area contributed by atoms with Crippen LogP contribution in [0.1, 0.15) is 77.6 Å². The summed E-state index contributed by atoms with van der Waals surface area (Å²) in [5.41, 5.74) is 0. The van der Waals surface area contributed by atoms with Crippen molar-refractivity contribution in [2.75, 3.05) is 33.5 Å². The van der Waals surface area contributed by atoms with Gasteiger partial charge in [-0.2, -0.15) is 0 Å². The molecule has 0 aromatic rings. The first-order valence-electron chi connectivity index (χ1n) is 11.8. The standard InChI is InChI=1S/C24H44O6/c1-3-4-5-8-11-15-29-17-18-30-16-14-21-20(22(25)19-23(21)26)12-9-6-7-10-13-24(27)28-2/h6,9,20-23,25-26H,3-5,7-8,10-19H2,1-2H3/t20?,21-,22?,23?/m1/s1. The van der Waals surface area contributed by atoms with E-state index < -0.39 is 12.2 Å². The number of allylic oxidation sites excluding steroid dienone is 2. The van der Waals surface area contributed by atoms with E-state index in [0.29, 0.717) is 32.7 Å². The Morgan fingerprint density at radius 1 is 0.900 bits per heavy atom. The Kier molecular flexibility index (Phi) is 16.0. The van der Waals surface area contributed by atoms with E-state index in [4.69, 9.17) is 9.47 Å². The first kappa shape index (κ1) is 27.1. The van der Waals surface area contributed by atoms with E-state index in [1.54, 1.807) is 0 Å². The fourth-order valence-electron chi connectivity index (χ4n) is 4.09. The van der Waals surface area contributed by atoms with Crippen LogP contribution in [0.3, 0.4) is 0 Å². The van der Waals surface area contributed by atoms with Crippen LogP contribution in [-0.4, -0.2) is 61.9 Å². The first-order chi connectivity index (χ1) is 14.6. The Hall–Kier alpha value is -0.950. The molecular weight excluding hydrogens is 384 g/mol. The zero-order valence-electron chi connectivity index (χ0n) is 19.1. The maximum atomic E-state index is 11.1. The van der Waals surface area contributed by atoms with Crippen molar-refractivity contribution in [3.8, 4) is 0 Å². The smallest absolute Gasteiger partial charge is 0.305 e. The van der Waals surface area contributed by atoms with Crippen molar-refractivity contribution >= 4 is 5.97 Å². The third-order valence-electron chi connectivity index (χ3n) is 5.94. The number of ether oxygens (including phenoxy) is 3. The molecule has 1 rings (SSSR count). The van der Waals surface area contributed by atoms with Gasteiger partial charge in [-0.05, 0) is 50.4 Å². The molecule has 4 atom stereocenters. The topological polar surface area (TPSA) is 85.2 Å². The minimum absolute atomic E-state index is 0.0548. The highest BCUT2D eigenvalue weighted by Crippen LogP contribution is 2.37. The number of hydrogen-bond acceptors (Lipinski definition) is 6. The average Bonchev–Trinajstić information content (AvgIpc) is 3.00. The quantitative estimate of drug-likeness (QED) is 0.195. The number of esters is 1. The van der Waals surface area contributed by atoms with Crippen LogP contribution >= 0.6 is 0 Å². The van der Waals surface area contributed by atoms with Gasteiger partial charge in [0.2, 0.25) is 0 Å². The van der Waals surface area contributed by atoms with E-state index >= 15 is 0 Å². The zero-order valence-corrected chi connectivity index (χ0v) is 19.1. The van der Waals surface area contributed by atoms with E-state index in [1.807, 2.05) is 6.08 Å². The predicted molar refractivity (Wildman–Crippen MR) is 118 cm³/mol. The Morgan fingerprint density at radius 3 is 2.33 bits per heavy atom. The van der Waals surface area contributed by atoms with Gasteiger partial charge in [0.1, 0.15) is 0 Å². The average molecular weight is 429 g/mol. The molecule has 0 aliphatic heterocycles. The lowest BCUT2D eigenvalue weighted by molar-refractivity contribution is -0.140. The van der Waals surface area contributed by atoms with Gasteiger partial charge in [0, 0.05) is 19.6 Å². The van der Waals surface area contributed by atoms with Gasteiger partial charge in [0.15, 0.2) is 0 Å². The Morgan fingerprint density at radius 2 is 1.60 bits per heavy atom. The molecule has 2 N–H and O–H groups in total. The van der Waals surface area contributed by atoms with Gasteiger partial charge in [-0.25, -0.2) is 0 Å². The van der Waals surface area contributed by atoms with Crippen molar-refractivity contribution in [3.05, 3.63) is 12.2 Å². The van der Waals surface area contributed by atoms with Gasteiger partial charge in [0.05, 0.1) is 32.5 Å². The number of methoxy groups -OCH3 is 1. The molecule has 1 aliphatic rings. The van der Waals surface area contributed by atoms with E-state index in [-0.39, 0.29) is 17.8 Å². The number of carbonyl (C=O) groups is 1. The minimum Gasteiger partial charge on any atom is -0.469 e. The van der Waals surface area contributed by atoms with E-state index in [1.165, 1.54) is 32.8 Å². The van der Waals surface area contributed by atoms with Crippen LogP contribution < -0.4 is 0 Å². The molecule has 0 aromatic heterocycles. The largest absolute Gasteiger partial charge is 0.469 e. The van der Waals surface area contributed by atoms with E-state index in [9.17, 15) is 15.0 Å². The molecule has 6 nitrogen and oxygen atoms in total. The number of aliphatic hydroxyl groups excluding tert-OH is 2. The molecule has 176 valence electrons. The van der Waals surface area contributed by atoms with Crippen LogP contribution in [0, 0.1) is 11.8 Å². The zero-order chi connectivity index (χ0) is 22.0. The molecule has 0 spiro atoms. The monoisotopic (exact) mass is 428 g/mol. The number of hydrogen-bond donors (Lipinski definition) is 2. The summed E-state index contributed by atoms with van der Waals surface area (Å²) < 4.78 is 15.9. The van der Waals surface area contributed by atoms with Gasteiger partial charge < -0.3 is 24.4 Å². The Balaban J connectivity index is 2.13. The summed E-state index contributed by atoms with van der Waals surface area (Å²) in [6.45, 7) is 4.78. The van der Waals surface area contributed by atoms with Crippen molar-refractivity contribution in [3.63, 3.8) is 0 Å². The number of rotatable bonds is 18. The molecule has 3 unspecified atom stereocenters. The first-order valence-corrected chi connectivity index (χ1v) is 11.8. The third-order valence-corrected chi connectivity index (χ3v) is 5.94. The maximum absolute atomic E-state index is 11.1. The molecule has 1 aliphatic carbocycles. The molecule has 1 fully saturated rings. The highest BCUT2D eigenvalue weighted by Gasteiger charge is 2.40. The van der Waals surface area contributed by atoms with Crippen LogP contribution in [0.15, 0.2) is 12.2 Å². The van der Waals surface area contributed by atoms with Gasteiger partial charge in [-0.3, -0.25) is 4.79 Å². The maximum Gasteiger partial charge on any atom is 0.305 e. The molecule has 0 amide bonds. The summed E-state index contributed by atoms with van der Waals surface area (Å²) in [4.78, 5) is 11.1. The van der Waals surface area contributed by atoms with Gasteiger partial charge in [-0.1, -0.05) is 44.8 Å². The summed E-state index contributed by atoms with van der Waals surface area (Å²) in [6, 6.07) is 0. The summed E-state index contributed by atoms with van der Waals surface area (Å²) in [5.74, 6) is -0.0748. The van der Waals surface area contributed by atoms with Crippen LogP contribution in [0.5, 0.6) is 0 Å². The van der Waals surface area contributed by atoms with Gasteiger partial charge >= 0.3 is 5.97 Å². The number of carbonyl (C=O) groups excluding carboxylic acids is 1. The molecule has 0 aromatic carbocycles. The molecule has 6 heteroatoms. The fraction of sp³-hybridized carbons (Fsp3) is 0.875. The number of unbranched alkanes of at least 4 members (excludes halogenated alkanes) is 5. The van der Waals surface area contributed by atoms with E-state index in [2.05, 4.69) is 17.7 Å². The molecule has 30 heavy (non-hydrogen) atoms. The molecule has 0 radical (unpaired) electrons. The predicted octanol–water partition coefficient (Wildman–Crippen LogP) is 4.03. The lowest BCUT2D eigenvalue weighted by Gasteiger charge is -2.22. The van der Waals surface area contributed by atoms with E-state index in [0.717, 1.165) is 38.7 Å². The molecule has 0 saturated heterocycles. The molecule has 0 heterocycles. The minimum atomic E-state index is -0.472. The van der Waals surface area contributed by atoms with Gasteiger partial charge in [-0.15, -0.1) is 0 Å². The summed E-state index contributed by atoms with van der Waals surface area (Å²) in [5, 5.41) is 20.6. The second-order valence-electron chi connectivity index (χ2n) is 8.30. The highest BCUT2D eigenvalue weighted by atomic mass is 16.5. The third kappa shape index (κ3) is 12.0. The van der Waals surface area contributed by atoms with Gasteiger partial charge in [0.25, 0.3) is 0 Å². The normalized spacial score (nSPS) is 24.0. The second kappa shape index (κ2) is 17.7. The molecule has 0 bridgehead atoms. The Labute approximate surface area is 183 Å². The van der Waals surface area contributed by atoms with Crippen LogP contribution in [0.25, 0.3) is 0 Å². The SMILES string of the molecule is CCCCCCCOCCOCC[C@H]1C(O)CC(O)C1CC=CCCCC(=O)OC. The summed E-state index contributed by atoms with van der Waals surface area (Å²) in [7, 11) is 1.40. The van der Waals surface area contributed by atoms with Crippen LogP contribution in [-0.2, 0) is 19.0 Å². The lowest BCUT2D eigenvalue weighted by atomic mass is 9.88. The van der Waals surface area contributed by atoms with Crippen molar-refractivity contribution < 1.29 is 29.2 Å². The van der Waals surface area contributed by atoms with Crippen molar-refractivity contribution in [1.29, 1.82) is 0 Å². The fourth-order valence-corrected chi connectivity index (χ4v) is 4.09. The molecule has 1 saturated carbocycles. The van der Waals surface area contributed by atoms with Crippen molar-refractivity contribution in [2.45, 2.75) is 89.8 Å². The summed E-state index contributed by atoms with van der Waals surface area (Å²) >= 11 is 0. The van der Waals surface area contributed by atoms with Crippen molar-refractivity contribution in [1.82, 2.24) is 0 Å². The summed E-state index contributed by atoms with van der Waals surface area (Å²) in [6.07, 6.45) is 13.3. The second-order valence-corrected chi connectivity index (χ2v) is 8.30. The van der Waals surface area contributed by atoms with Crippen LogP contribution in [0.4, 0.5) is 0 Å². The Bertz CT molecular complexity index is 453. The lowest BCUT2D eigenvalue weighted by Crippen LogP contribution is -2.23. The highest BCUT2D eigenvalue weighted by molar-refractivity contribution is 5.69. The number of aliphatic hydroxyl groups is 2. The van der Waals surface area contributed by atoms with Crippen molar-refractivity contribution in [2.24, 2.45) is 11.8 Å². The van der Waals surface area contributed by atoms with Crippen LogP contribution in [0.2, 0.25) is 0 Å². The molecular formula is C24H44O6.